The number of carbonyl (C=O) groups is 1. The van der Waals surface area contributed by atoms with Crippen molar-refractivity contribution in [2.75, 3.05) is 29.4 Å². The van der Waals surface area contributed by atoms with Gasteiger partial charge in [0.25, 0.3) is 5.56 Å². The highest BCUT2D eigenvalue weighted by molar-refractivity contribution is 5.74. The van der Waals surface area contributed by atoms with Crippen molar-refractivity contribution in [3.8, 4) is 17.0 Å². The molecule has 3 aromatic rings. The summed E-state index contributed by atoms with van der Waals surface area (Å²) in [6.07, 6.45) is 0. The van der Waals surface area contributed by atoms with E-state index in [0.717, 1.165) is 24.3 Å². The lowest BCUT2D eigenvalue weighted by atomic mass is 10.1. The van der Waals surface area contributed by atoms with Crippen LogP contribution in [0.1, 0.15) is 19.4 Å². The van der Waals surface area contributed by atoms with Gasteiger partial charge in [-0.2, -0.15) is 0 Å². The molecule has 2 aromatic carbocycles. The topological polar surface area (TPSA) is 96.9 Å². The van der Waals surface area contributed by atoms with Crippen molar-refractivity contribution in [1.29, 1.82) is 0 Å². The molecule has 0 saturated carbocycles. The number of aromatic hydroxyl groups is 1. The van der Waals surface area contributed by atoms with Gasteiger partial charge in [-0.25, -0.2) is 0 Å². The molecule has 7 nitrogen and oxygen atoms in total. The minimum Gasteiger partial charge on any atom is -0.508 e. The Bertz CT molecular complexity index is 1090. The van der Waals surface area contributed by atoms with Gasteiger partial charge in [0, 0.05) is 47.8 Å². The number of aromatic amines is 1. The maximum absolute atomic E-state index is 12.8. The molecule has 0 radical (unpaired) electrons. The molecule has 0 aliphatic heterocycles. The lowest BCUT2D eigenvalue weighted by molar-refractivity contribution is -0.135. The minimum atomic E-state index is -1.01. The van der Waals surface area contributed by atoms with Gasteiger partial charge in [0.15, 0.2) is 0 Å². The number of aliphatic carboxylic acids is 1. The van der Waals surface area contributed by atoms with Crippen molar-refractivity contribution in [3.63, 3.8) is 0 Å². The monoisotopic (exact) mass is 421 g/mol. The number of pyridine rings is 1. The van der Waals surface area contributed by atoms with Crippen LogP contribution in [0.5, 0.6) is 5.75 Å². The molecule has 0 aliphatic carbocycles. The van der Waals surface area contributed by atoms with Crippen molar-refractivity contribution in [2.24, 2.45) is 0 Å². The van der Waals surface area contributed by atoms with Gasteiger partial charge in [-0.05, 0) is 62.4 Å². The molecule has 0 bridgehead atoms. The summed E-state index contributed by atoms with van der Waals surface area (Å²) in [5, 5.41) is 18.8. The van der Waals surface area contributed by atoms with Gasteiger partial charge in [-0.1, -0.05) is 12.1 Å². The molecular weight excluding hydrogens is 394 g/mol. The fourth-order valence-electron chi connectivity index (χ4n) is 3.53. The molecule has 0 amide bonds. The fourth-order valence-corrected chi connectivity index (χ4v) is 3.53. The third-order valence-corrected chi connectivity index (χ3v) is 5.18. The Morgan fingerprint density at radius 1 is 0.935 bits per heavy atom. The Morgan fingerprint density at radius 2 is 1.65 bits per heavy atom. The molecule has 3 rings (SSSR count). The number of nitrogens with one attached hydrogen (secondary N) is 1. The highest BCUT2D eigenvalue weighted by atomic mass is 16.4. The van der Waals surface area contributed by atoms with Crippen LogP contribution in [0.15, 0.2) is 65.5 Å². The third-order valence-electron chi connectivity index (χ3n) is 5.18. The summed E-state index contributed by atoms with van der Waals surface area (Å²) in [6.45, 7) is 5.86. The second-order valence-electron chi connectivity index (χ2n) is 7.22. The lowest BCUT2D eigenvalue weighted by Crippen LogP contribution is -2.31. The molecule has 0 unspecified atom stereocenters. The van der Waals surface area contributed by atoms with E-state index in [1.807, 2.05) is 30.3 Å². The number of rotatable bonds is 9. The van der Waals surface area contributed by atoms with Crippen molar-refractivity contribution < 1.29 is 15.0 Å². The molecule has 1 heterocycles. The van der Waals surface area contributed by atoms with Gasteiger partial charge >= 0.3 is 5.97 Å². The van der Waals surface area contributed by atoms with Crippen LogP contribution in [0.2, 0.25) is 0 Å². The van der Waals surface area contributed by atoms with Gasteiger partial charge in [-0.15, -0.1) is 0 Å². The van der Waals surface area contributed by atoms with E-state index < -0.39 is 5.97 Å². The Kier molecular flexibility index (Phi) is 6.97. The van der Waals surface area contributed by atoms with Crippen LogP contribution < -0.4 is 15.4 Å². The number of aromatic nitrogens is 1. The molecule has 0 atom stereocenters. The van der Waals surface area contributed by atoms with Crippen molar-refractivity contribution >= 4 is 17.3 Å². The minimum absolute atomic E-state index is 0.0909. The smallest absolute Gasteiger partial charge is 0.323 e. The van der Waals surface area contributed by atoms with Gasteiger partial charge in [0.2, 0.25) is 0 Å². The Labute approximate surface area is 181 Å². The van der Waals surface area contributed by atoms with Crippen molar-refractivity contribution in [3.05, 3.63) is 76.6 Å². The van der Waals surface area contributed by atoms with Crippen LogP contribution in [0.25, 0.3) is 11.3 Å². The number of hydrogen-bond acceptors (Lipinski definition) is 5. The molecule has 0 saturated heterocycles. The standard InChI is InChI=1S/C24H27N3O4/c1-3-26(4-2)20-7-5-6-17(14-20)22-13-8-18(24(31)25-22)15-27(16-23(29)30)19-9-11-21(28)12-10-19/h5-14,28H,3-4,15-16H2,1-2H3,(H,25,31)(H,29,30). The first kappa shape index (κ1) is 22.0. The average molecular weight is 421 g/mol. The third kappa shape index (κ3) is 5.45. The summed E-state index contributed by atoms with van der Waals surface area (Å²) in [6, 6.07) is 17.8. The molecule has 0 aliphatic rings. The van der Waals surface area contributed by atoms with E-state index >= 15 is 0 Å². The largest absolute Gasteiger partial charge is 0.508 e. The second-order valence-corrected chi connectivity index (χ2v) is 7.22. The molecule has 7 heteroatoms. The predicted octanol–water partition coefficient (Wildman–Crippen LogP) is 3.68. The van der Waals surface area contributed by atoms with Gasteiger partial charge < -0.3 is 25.0 Å². The van der Waals surface area contributed by atoms with E-state index in [1.165, 1.54) is 12.1 Å². The number of phenolic OH excluding ortho intramolecular Hbond substituents is 1. The summed E-state index contributed by atoms with van der Waals surface area (Å²) < 4.78 is 0. The van der Waals surface area contributed by atoms with E-state index in [0.29, 0.717) is 16.9 Å². The molecule has 31 heavy (non-hydrogen) atoms. The number of nitrogens with zero attached hydrogens (tertiary/aromatic N) is 2. The molecule has 0 fully saturated rings. The zero-order valence-corrected chi connectivity index (χ0v) is 17.7. The van der Waals surface area contributed by atoms with E-state index in [4.69, 9.17) is 0 Å². The Hall–Kier alpha value is -3.74. The molecule has 162 valence electrons. The first-order valence-corrected chi connectivity index (χ1v) is 10.2. The van der Waals surface area contributed by atoms with E-state index in [2.05, 4.69) is 23.7 Å². The number of hydrogen-bond donors (Lipinski definition) is 3. The summed E-state index contributed by atoms with van der Waals surface area (Å²) in [7, 11) is 0. The summed E-state index contributed by atoms with van der Waals surface area (Å²) in [4.78, 5) is 30.8. The van der Waals surface area contributed by atoms with Crippen LogP contribution in [0.3, 0.4) is 0 Å². The SMILES string of the molecule is CCN(CC)c1cccc(-c2ccc(CN(CC(=O)O)c3ccc(O)cc3)c(=O)[nH]2)c1. The predicted molar refractivity (Wildman–Crippen MR) is 123 cm³/mol. The van der Waals surface area contributed by atoms with E-state index in [9.17, 15) is 19.8 Å². The summed E-state index contributed by atoms with van der Waals surface area (Å²) >= 11 is 0. The summed E-state index contributed by atoms with van der Waals surface area (Å²) in [5.41, 5.74) is 3.51. The quantitative estimate of drug-likeness (QED) is 0.488. The highest BCUT2D eigenvalue weighted by Crippen LogP contribution is 2.24. The Morgan fingerprint density at radius 3 is 2.26 bits per heavy atom. The van der Waals surface area contributed by atoms with Gasteiger partial charge in [0.05, 0.1) is 0 Å². The van der Waals surface area contributed by atoms with Crippen molar-refractivity contribution in [1.82, 2.24) is 4.98 Å². The molecule has 3 N–H and O–H groups in total. The maximum Gasteiger partial charge on any atom is 0.323 e. The highest BCUT2D eigenvalue weighted by Gasteiger charge is 2.14. The number of carboxylic acid groups (broad SMARTS) is 1. The van der Waals surface area contributed by atoms with Crippen molar-refractivity contribution in [2.45, 2.75) is 20.4 Å². The second kappa shape index (κ2) is 9.84. The summed E-state index contributed by atoms with van der Waals surface area (Å²) in [5.74, 6) is -0.914. The molecule has 0 spiro atoms. The van der Waals surface area contributed by atoms with Crippen LogP contribution in [0, 0.1) is 0 Å². The Balaban J connectivity index is 1.87. The fraction of sp³-hybridized carbons (Fsp3) is 0.250. The van der Waals surface area contributed by atoms with E-state index in [1.54, 1.807) is 23.1 Å². The van der Waals surface area contributed by atoms with Gasteiger partial charge in [-0.3, -0.25) is 9.59 Å². The van der Waals surface area contributed by atoms with Crippen LogP contribution in [-0.4, -0.2) is 40.8 Å². The number of H-pyrrole nitrogens is 1. The first-order chi connectivity index (χ1) is 14.9. The normalized spacial score (nSPS) is 10.6. The average Bonchev–Trinajstić information content (AvgIpc) is 2.76. The van der Waals surface area contributed by atoms with Gasteiger partial charge in [0.1, 0.15) is 12.3 Å². The van der Waals surface area contributed by atoms with Crippen LogP contribution in [-0.2, 0) is 11.3 Å². The van der Waals surface area contributed by atoms with Crippen LogP contribution in [0.4, 0.5) is 11.4 Å². The maximum atomic E-state index is 12.8. The molecular formula is C24H27N3O4. The number of carboxylic acids is 1. The van der Waals surface area contributed by atoms with E-state index in [-0.39, 0.29) is 24.4 Å². The number of benzene rings is 2. The lowest BCUT2D eigenvalue weighted by Gasteiger charge is -2.23. The molecule has 1 aromatic heterocycles. The first-order valence-electron chi connectivity index (χ1n) is 10.2. The number of anilines is 2. The number of phenols is 1. The zero-order chi connectivity index (χ0) is 22.4. The van der Waals surface area contributed by atoms with Crippen LogP contribution >= 0.6 is 0 Å². The zero-order valence-electron chi connectivity index (χ0n) is 17.7.